The fourth-order valence-electron chi connectivity index (χ4n) is 2.98. The summed E-state index contributed by atoms with van der Waals surface area (Å²) in [6.07, 6.45) is 1.71. The Balaban J connectivity index is 1.47. The number of hydrogen-bond donors (Lipinski definition) is 2. The Morgan fingerprint density at radius 3 is 2.83 bits per heavy atom. The average molecular weight is 313 g/mol. The molecule has 1 amide bonds. The van der Waals surface area contributed by atoms with Crippen molar-refractivity contribution < 1.29 is 14.6 Å². The summed E-state index contributed by atoms with van der Waals surface area (Å²) in [5, 5.41) is 14.0. The molecule has 1 saturated carbocycles. The number of amides is 1. The summed E-state index contributed by atoms with van der Waals surface area (Å²) in [5.41, 5.74) is 1.26. The van der Waals surface area contributed by atoms with Crippen molar-refractivity contribution in [3.05, 3.63) is 48.0 Å². The topological polar surface area (TPSA) is 58.6 Å². The summed E-state index contributed by atoms with van der Waals surface area (Å²) < 4.78 is 5.17. The van der Waals surface area contributed by atoms with Crippen LogP contribution in [0.1, 0.15) is 24.3 Å². The molecule has 0 radical (unpaired) electrons. The van der Waals surface area contributed by atoms with E-state index in [-0.39, 0.29) is 18.4 Å². The summed E-state index contributed by atoms with van der Waals surface area (Å²) in [7, 11) is 0. The Morgan fingerprint density at radius 1 is 1.17 bits per heavy atom. The van der Waals surface area contributed by atoms with Crippen LogP contribution in [0.5, 0.6) is 0 Å². The Labute approximate surface area is 136 Å². The molecule has 2 aromatic carbocycles. The van der Waals surface area contributed by atoms with E-state index in [2.05, 4.69) is 35.6 Å². The van der Waals surface area contributed by atoms with Crippen molar-refractivity contribution in [1.82, 2.24) is 5.32 Å². The minimum atomic E-state index is 0.0435. The molecule has 0 spiro atoms. The van der Waals surface area contributed by atoms with Crippen LogP contribution in [0, 0.1) is 5.92 Å². The van der Waals surface area contributed by atoms with Crippen LogP contribution < -0.4 is 5.32 Å². The summed E-state index contributed by atoms with van der Waals surface area (Å²) >= 11 is 0. The number of aliphatic hydroxyl groups is 1. The molecule has 1 aliphatic rings. The summed E-state index contributed by atoms with van der Waals surface area (Å²) in [6, 6.07) is 14.8. The normalized spacial score (nSPS) is 19.7. The largest absolute Gasteiger partial charge is 0.394 e. The molecule has 0 heterocycles. The highest BCUT2D eigenvalue weighted by atomic mass is 16.5. The highest BCUT2D eigenvalue weighted by Crippen LogP contribution is 2.48. The minimum absolute atomic E-state index is 0.0435. The molecule has 1 aliphatic carbocycles. The highest BCUT2D eigenvalue weighted by molar-refractivity contribution is 5.85. The van der Waals surface area contributed by atoms with Gasteiger partial charge in [0, 0.05) is 19.1 Å². The monoisotopic (exact) mass is 313 g/mol. The van der Waals surface area contributed by atoms with Gasteiger partial charge in [-0.05, 0) is 35.1 Å². The van der Waals surface area contributed by atoms with Gasteiger partial charge in [-0.25, -0.2) is 0 Å². The van der Waals surface area contributed by atoms with Crippen molar-refractivity contribution in [3.63, 3.8) is 0 Å². The number of carbonyl (C=O) groups is 1. The van der Waals surface area contributed by atoms with Crippen LogP contribution in [0.25, 0.3) is 10.8 Å². The van der Waals surface area contributed by atoms with Gasteiger partial charge in [0.1, 0.15) is 0 Å². The molecule has 2 unspecified atom stereocenters. The maximum atomic E-state index is 12.1. The Morgan fingerprint density at radius 2 is 2.00 bits per heavy atom. The fraction of sp³-hybridized carbons (Fsp3) is 0.421. The molecule has 0 aliphatic heterocycles. The van der Waals surface area contributed by atoms with Gasteiger partial charge in [-0.3, -0.25) is 4.79 Å². The molecule has 2 aromatic rings. The van der Waals surface area contributed by atoms with Gasteiger partial charge in [0.2, 0.25) is 5.91 Å². The summed E-state index contributed by atoms with van der Waals surface area (Å²) in [5.74, 6) is 0.602. The number of hydrogen-bond acceptors (Lipinski definition) is 3. The van der Waals surface area contributed by atoms with Gasteiger partial charge < -0.3 is 15.2 Å². The van der Waals surface area contributed by atoms with Crippen LogP contribution >= 0.6 is 0 Å². The summed E-state index contributed by atoms with van der Waals surface area (Å²) in [4.78, 5) is 12.1. The molecule has 2 N–H and O–H groups in total. The average Bonchev–Trinajstić information content (AvgIpc) is 3.38. The lowest BCUT2D eigenvalue weighted by Gasteiger charge is -2.06. The van der Waals surface area contributed by atoms with Crippen LogP contribution in [0.3, 0.4) is 0 Å². The van der Waals surface area contributed by atoms with E-state index in [1.807, 2.05) is 12.1 Å². The van der Waals surface area contributed by atoms with Gasteiger partial charge in [-0.15, -0.1) is 0 Å². The van der Waals surface area contributed by atoms with Crippen molar-refractivity contribution in [2.45, 2.75) is 18.8 Å². The van der Waals surface area contributed by atoms with Crippen molar-refractivity contribution in [2.24, 2.45) is 5.92 Å². The summed E-state index contributed by atoms with van der Waals surface area (Å²) in [6.45, 7) is 1.60. The number of benzene rings is 2. The van der Waals surface area contributed by atoms with Gasteiger partial charge >= 0.3 is 0 Å². The maximum Gasteiger partial charge on any atom is 0.223 e. The van der Waals surface area contributed by atoms with Gasteiger partial charge in [-0.2, -0.15) is 0 Å². The molecule has 4 heteroatoms. The van der Waals surface area contributed by atoms with E-state index in [0.717, 1.165) is 12.8 Å². The number of fused-ring (bicyclic) bond motifs is 1. The Bertz CT molecular complexity index is 670. The van der Waals surface area contributed by atoms with E-state index in [0.29, 0.717) is 25.7 Å². The molecule has 23 heavy (non-hydrogen) atoms. The van der Waals surface area contributed by atoms with Crippen LogP contribution in [0.15, 0.2) is 42.5 Å². The predicted molar refractivity (Wildman–Crippen MR) is 90.3 cm³/mol. The molecule has 3 rings (SSSR count). The zero-order chi connectivity index (χ0) is 16.1. The van der Waals surface area contributed by atoms with E-state index in [4.69, 9.17) is 9.84 Å². The highest BCUT2D eigenvalue weighted by Gasteiger charge is 2.43. The van der Waals surface area contributed by atoms with Gasteiger partial charge in [0.15, 0.2) is 0 Å². The van der Waals surface area contributed by atoms with E-state index >= 15 is 0 Å². The van der Waals surface area contributed by atoms with Crippen LogP contribution in [-0.4, -0.2) is 37.4 Å². The third kappa shape index (κ3) is 4.09. The second-order valence-corrected chi connectivity index (χ2v) is 6.04. The number of ether oxygens (including phenoxy) is 1. The molecule has 122 valence electrons. The zero-order valence-electron chi connectivity index (χ0n) is 13.2. The zero-order valence-corrected chi connectivity index (χ0v) is 13.2. The molecule has 0 bridgehead atoms. The Hall–Kier alpha value is -1.91. The molecule has 0 aromatic heterocycles. The van der Waals surface area contributed by atoms with Crippen molar-refractivity contribution in [3.8, 4) is 0 Å². The van der Waals surface area contributed by atoms with Gasteiger partial charge in [-0.1, -0.05) is 42.5 Å². The number of rotatable bonds is 8. The lowest BCUT2D eigenvalue weighted by atomic mass is 10.0. The first-order valence-electron chi connectivity index (χ1n) is 8.24. The molecule has 4 nitrogen and oxygen atoms in total. The lowest BCUT2D eigenvalue weighted by Crippen LogP contribution is -2.27. The first-order valence-corrected chi connectivity index (χ1v) is 8.24. The molecular formula is C19H23NO3. The first-order chi connectivity index (χ1) is 11.3. The van der Waals surface area contributed by atoms with Crippen molar-refractivity contribution in [2.75, 3.05) is 26.4 Å². The van der Waals surface area contributed by atoms with Crippen LogP contribution in [-0.2, 0) is 9.53 Å². The molecular weight excluding hydrogens is 290 g/mol. The van der Waals surface area contributed by atoms with Crippen LogP contribution in [0.2, 0.25) is 0 Å². The van der Waals surface area contributed by atoms with Crippen molar-refractivity contribution in [1.29, 1.82) is 0 Å². The maximum absolute atomic E-state index is 12.1. The third-order valence-electron chi connectivity index (χ3n) is 4.33. The number of aliphatic hydroxyl groups excluding tert-OH is 1. The molecule has 0 saturated heterocycles. The number of nitrogens with one attached hydrogen (secondary N) is 1. The van der Waals surface area contributed by atoms with E-state index in [9.17, 15) is 4.79 Å². The fourth-order valence-corrected chi connectivity index (χ4v) is 2.98. The smallest absolute Gasteiger partial charge is 0.223 e. The molecule has 2 atom stereocenters. The molecule has 1 fully saturated rings. The van der Waals surface area contributed by atoms with Crippen molar-refractivity contribution >= 4 is 16.7 Å². The first kappa shape index (κ1) is 16.0. The second kappa shape index (κ2) is 7.57. The Kier molecular flexibility index (Phi) is 5.26. The number of carbonyl (C=O) groups excluding carboxylic acids is 1. The standard InChI is InChI=1S/C19H23NO3/c21-9-11-23-10-3-8-20-19(22)18-13-17(18)16-7-6-14-4-1-2-5-15(14)12-16/h1-2,4-7,12,17-18,21H,3,8-11,13H2,(H,20,22). The quantitative estimate of drug-likeness (QED) is 0.736. The lowest BCUT2D eigenvalue weighted by molar-refractivity contribution is -0.122. The van der Waals surface area contributed by atoms with Gasteiger partial charge in [0.25, 0.3) is 0 Å². The SMILES string of the molecule is O=C(NCCCOCCO)C1CC1c1ccc2ccccc2c1. The predicted octanol–water partition coefficient (Wildman–Crippen LogP) is 2.46. The van der Waals surface area contributed by atoms with E-state index in [1.165, 1.54) is 16.3 Å². The van der Waals surface area contributed by atoms with Gasteiger partial charge in [0.05, 0.1) is 13.2 Å². The van der Waals surface area contributed by atoms with Crippen LogP contribution in [0.4, 0.5) is 0 Å². The van der Waals surface area contributed by atoms with E-state index < -0.39 is 0 Å². The van der Waals surface area contributed by atoms with E-state index in [1.54, 1.807) is 0 Å². The third-order valence-corrected chi connectivity index (χ3v) is 4.33. The minimum Gasteiger partial charge on any atom is -0.394 e. The second-order valence-electron chi connectivity index (χ2n) is 6.04.